The van der Waals surface area contributed by atoms with Gasteiger partial charge in [0, 0.05) is 16.1 Å². The minimum absolute atomic E-state index is 0.376. The van der Waals surface area contributed by atoms with Crippen LogP contribution in [0.15, 0.2) is 41.3 Å². The first-order valence-corrected chi connectivity index (χ1v) is 8.04. The molecule has 0 radical (unpaired) electrons. The maximum absolute atomic E-state index is 6.25. The number of nitrogens with two attached hydrogens (primary N) is 1. The van der Waals surface area contributed by atoms with E-state index in [0.717, 1.165) is 27.4 Å². The van der Waals surface area contributed by atoms with Gasteiger partial charge in [0.1, 0.15) is 4.99 Å². The number of thiocarbonyl (C=S) groups is 1. The fourth-order valence-corrected chi connectivity index (χ4v) is 3.13. The van der Waals surface area contributed by atoms with Crippen LogP contribution >= 0.6 is 35.6 Å². The average Bonchev–Trinajstić information content (AvgIpc) is 2.41. The molecule has 2 rings (SSSR count). The topological polar surface area (TPSA) is 38.0 Å². The molecule has 0 saturated carbocycles. The highest BCUT2D eigenvalue weighted by Crippen LogP contribution is 2.32. The van der Waals surface area contributed by atoms with Crippen LogP contribution in [0.25, 0.3) is 0 Å². The fourth-order valence-electron chi connectivity index (χ4n) is 1.93. The summed E-state index contributed by atoms with van der Waals surface area (Å²) in [6.07, 6.45) is 2.00. The number of rotatable bonds is 4. The van der Waals surface area contributed by atoms with Gasteiger partial charge in [-0.05, 0) is 43.0 Å². The van der Waals surface area contributed by atoms with Crippen molar-refractivity contribution in [2.24, 2.45) is 5.73 Å². The van der Waals surface area contributed by atoms with E-state index in [2.05, 4.69) is 5.32 Å². The molecule has 0 amide bonds. The largest absolute Gasteiger partial charge is 0.389 e. The van der Waals surface area contributed by atoms with Crippen LogP contribution in [0, 0.1) is 6.92 Å². The summed E-state index contributed by atoms with van der Waals surface area (Å²) < 4.78 is 0. The van der Waals surface area contributed by atoms with Gasteiger partial charge in [0.25, 0.3) is 0 Å². The Labute approximate surface area is 133 Å². The van der Waals surface area contributed by atoms with E-state index in [1.54, 1.807) is 11.8 Å². The highest BCUT2D eigenvalue weighted by Gasteiger charge is 2.11. The molecule has 20 heavy (non-hydrogen) atoms. The summed E-state index contributed by atoms with van der Waals surface area (Å²) in [6.45, 7) is 2.00. The Bertz CT molecular complexity index is 656. The van der Waals surface area contributed by atoms with Crippen LogP contribution in [0.2, 0.25) is 5.02 Å². The first kappa shape index (κ1) is 15.2. The summed E-state index contributed by atoms with van der Waals surface area (Å²) in [5, 5.41) is 3.99. The van der Waals surface area contributed by atoms with Gasteiger partial charge in [0.15, 0.2) is 0 Å². The molecule has 0 aromatic heterocycles. The Hall–Kier alpha value is -1.23. The van der Waals surface area contributed by atoms with Gasteiger partial charge in [-0.3, -0.25) is 0 Å². The molecule has 0 bridgehead atoms. The molecule has 0 atom stereocenters. The first-order valence-electron chi connectivity index (χ1n) is 6.03. The summed E-state index contributed by atoms with van der Waals surface area (Å²) >= 11 is 13.0. The predicted molar refractivity (Wildman–Crippen MR) is 93.6 cm³/mol. The zero-order chi connectivity index (χ0) is 14.7. The van der Waals surface area contributed by atoms with E-state index in [0.29, 0.717) is 10.0 Å². The lowest BCUT2D eigenvalue weighted by molar-refractivity contribution is 1.39. The van der Waals surface area contributed by atoms with Crippen molar-refractivity contribution in [2.45, 2.75) is 11.8 Å². The molecule has 0 spiro atoms. The lowest BCUT2D eigenvalue weighted by Gasteiger charge is -2.15. The average molecular weight is 323 g/mol. The third-order valence-corrected chi connectivity index (χ3v) is 4.18. The van der Waals surface area contributed by atoms with Gasteiger partial charge in [-0.1, -0.05) is 36.0 Å². The minimum Gasteiger partial charge on any atom is -0.389 e. The quantitative estimate of drug-likeness (QED) is 0.629. The fraction of sp³-hybridized carbons (Fsp3) is 0.133. The summed E-state index contributed by atoms with van der Waals surface area (Å²) in [5.74, 6) is 0. The number of hydrogen-bond donors (Lipinski definition) is 2. The van der Waals surface area contributed by atoms with Gasteiger partial charge in [0.2, 0.25) is 0 Å². The molecule has 2 aromatic carbocycles. The van der Waals surface area contributed by atoms with Gasteiger partial charge in [-0.2, -0.15) is 0 Å². The second kappa shape index (κ2) is 6.48. The maximum atomic E-state index is 6.25. The Kier molecular flexibility index (Phi) is 4.91. The Morgan fingerprint density at radius 2 is 2.00 bits per heavy atom. The van der Waals surface area contributed by atoms with Gasteiger partial charge < -0.3 is 11.1 Å². The molecule has 5 heteroatoms. The molecule has 3 N–H and O–H groups in total. The molecule has 104 valence electrons. The van der Waals surface area contributed by atoms with E-state index < -0.39 is 0 Å². The van der Waals surface area contributed by atoms with Crippen LogP contribution in [-0.2, 0) is 0 Å². The summed E-state index contributed by atoms with van der Waals surface area (Å²) in [5.41, 5.74) is 9.53. The van der Waals surface area contributed by atoms with Crippen molar-refractivity contribution in [3.05, 3.63) is 52.5 Å². The second-order valence-corrected chi connectivity index (χ2v) is 6.05. The molecular weight excluding hydrogens is 308 g/mol. The van der Waals surface area contributed by atoms with Crippen LogP contribution in [0.5, 0.6) is 0 Å². The molecule has 0 fully saturated rings. The molecule has 2 nitrogen and oxygen atoms in total. The van der Waals surface area contributed by atoms with Crippen molar-refractivity contribution in [2.75, 3.05) is 11.6 Å². The predicted octanol–water partition coefficient (Wildman–Crippen LogP) is 4.75. The van der Waals surface area contributed by atoms with Gasteiger partial charge in [-0.25, -0.2) is 0 Å². The first-order chi connectivity index (χ1) is 9.52. The van der Waals surface area contributed by atoms with Gasteiger partial charge in [0.05, 0.1) is 10.7 Å². The summed E-state index contributed by atoms with van der Waals surface area (Å²) in [6, 6.07) is 11.8. The number of benzene rings is 2. The smallest absolute Gasteiger partial charge is 0.107 e. The van der Waals surface area contributed by atoms with Crippen LogP contribution in [-0.4, -0.2) is 11.2 Å². The molecular formula is C15H15ClN2S2. The van der Waals surface area contributed by atoms with Gasteiger partial charge >= 0.3 is 0 Å². The monoisotopic (exact) mass is 322 g/mol. The van der Waals surface area contributed by atoms with Crippen molar-refractivity contribution < 1.29 is 0 Å². The SMILES string of the molecule is CSc1cccc(Nc2ccc(C)cc2Cl)c1C(N)=S. The number of aryl methyl sites for hydroxylation is 1. The van der Waals surface area contributed by atoms with E-state index in [-0.39, 0.29) is 0 Å². The van der Waals surface area contributed by atoms with Crippen molar-refractivity contribution in [1.29, 1.82) is 0 Å². The Balaban J connectivity index is 2.45. The third-order valence-electron chi connectivity index (χ3n) is 2.89. The second-order valence-electron chi connectivity index (χ2n) is 4.36. The molecule has 0 aliphatic rings. The van der Waals surface area contributed by atoms with E-state index in [4.69, 9.17) is 29.6 Å². The lowest BCUT2D eigenvalue weighted by Crippen LogP contribution is -2.13. The van der Waals surface area contributed by atoms with E-state index >= 15 is 0 Å². The number of anilines is 2. The standard InChI is InChI=1S/C15H15ClN2S2/c1-9-6-7-11(10(16)8-9)18-12-4-3-5-13(20-2)14(12)15(17)19/h3-8,18H,1-2H3,(H2,17,19). The van der Waals surface area contributed by atoms with Crippen molar-refractivity contribution >= 4 is 51.9 Å². The molecule has 2 aromatic rings. The van der Waals surface area contributed by atoms with Crippen LogP contribution < -0.4 is 11.1 Å². The van der Waals surface area contributed by atoms with Crippen molar-refractivity contribution in [3.8, 4) is 0 Å². The number of nitrogens with one attached hydrogen (secondary N) is 1. The summed E-state index contributed by atoms with van der Waals surface area (Å²) in [4.78, 5) is 1.42. The van der Waals surface area contributed by atoms with Crippen LogP contribution in [0.1, 0.15) is 11.1 Å². The van der Waals surface area contributed by atoms with Crippen LogP contribution in [0.3, 0.4) is 0 Å². The van der Waals surface area contributed by atoms with E-state index in [9.17, 15) is 0 Å². The van der Waals surface area contributed by atoms with Crippen LogP contribution in [0.4, 0.5) is 11.4 Å². The van der Waals surface area contributed by atoms with Crippen molar-refractivity contribution in [1.82, 2.24) is 0 Å². The zero-order valence-electron chi connectivity index (χ0n) is 11.2. The Morgan fingerprint density at radius 3 is 2.60 bits per heavy atom. The molecule has 0 unspecified atom stereocenters. The number of thioether (sulfide) groups is 1. The van der Waals surface area contributed by atoms with E-state index in [1.807, 2.05) is 49.6 Å². The minimum atomic E-state index is 0.376. The zero-order valence-corrected chi connectivity index (χ0v) is 13.6. The number of halogens is 1. The normalized spacial score (nSPS) is 10.3. The van der Waals surface area contributed by atoms with Gasteiger partial charge in [-0.15, -0.1) is 11.8 Å². The lowest BCUT2D eigenvalue weighted by atomic mass is 10.1. The molecule has 0 saturated heterocycles. The number of hydrogen-bond acceptors (Lipinski definition) is 3. The molecule has 0 aliphatic heterocycles. The maximum Gasteiger partial charge on any atom is 0.107 e. The highest BCUT2D eigenvalue weighted by molar-refractivity contribution is 7.98. The van der Waals surface area contributed by atoms with Crippen molar-refractivity contribution in [3.63, 3.8) is 0 Å². The Morgan fingerprint density at radius 1 is 1.25 bits per heavy atom. The summed E-state index contributed by atoms with van der Waals surface area (Å²) in [7, 11) is 0. The van der Waals surface area contributed by atoms with E-state index in [1.165, 1.54) is 0 Å². The highest BCUT2D eigenvalue weighted by atomic mass is 35.5. The molecule has 0 heterocycles. The molecule has 0 aliphatic carbocycles. The third kappa shape index (κ3) is 3.26.